The summed E-state index contributed by atoms with van der Waals surface area (Å²) in [6.07, 6.45) is -0.963. The average Bonchev–Trinajstić information content (AvgIpc) is 2.86. The van der Waals surface area contributed by atoms with Crippen LogP contribution in [0, 0.1) is 0 Å². The second-order valence-electron chi connectivity index (χ2n) is 7.41. The molecule has 0 aliphatic carbocycles. The van der Waals surface area contributed by atoms with Crippen molar-refractivity contribution in [2.45, 2.75) is 51.3 Å². The van der Waals surface area contributed by atoms with Crippen LogP contribution in [0.4, 0.5) is 10.5 Å². The number of alkyl carbamates (subject to hydrolysis) is 1. The molecule has 0 unspecified atom stereocenters. The number of hydrogen-bond donors (Lipinski definition) is 2. The topological polar surface area (TPSA) is 113 Å². The van der Waals surface area contributed by atoms with Gasteiger partial charge < -0.3 is 15.2 Å². The van der Waals surface area contributed by atoms with Gasteiger partial charge in [-0.25, -0.2) is 9.59 Å². The Labute approximate surface area is 150 Å². The molecule has 0 radical (unpaired) electrons. The van der Waals surface area contributed by atoms with Crippen molar-refractivity contribution >= 4 is 29.4 Å². The van der Waals surface area contributed by atoms with Gasteiger partial charge in [-0.05, 0) is 32.4 Å². The highest BCUT2D eigenvalue weighted by atomic mass is 16.6. The molecule has 138 valence electrons. The van der Waals surface area contributed by atoms with Gasteiger partial charge in [0, 0.05) is 18.4 Å². The van der Waals surface area contributed by atoms with Crippen molar-refractivity contribution in [1.82, 2.24) is 5.32 Å². The van der Waals surface area contributed by atoms with Crippen LogP contribution in [-0.2, 0) is 20.7 Å². The molecule has 0 fully saturated rings. The number of para-hydroxylation sites is 1. The van der Waals surface area contributed by atoms with E-state index in [0.717, 1.165) is 4.90 Å². The third kappa shape index (κ3) is 3.14. The highest BCUT2D eigenvalue weighted by Gasteiger charge is 2.46. The van der Waals surface area contributed by atoms with E-state index in [2.05, 4.69) is 5.32 Å². The first kappa shape index (κ1) is 17.9. The largest absolute Gasteiger partial charge is 0.480 e. The number of Topliss-reactive ketones (excluding diaryl/α,β-unsaturated/α-hetero) is 1. The van der Waals surface area contributed by atoms with Crippen LogP contribution in [0.3, 0.4) is 0 Å². The van der Waals surface area contributed by atoms with Gasteiger partial charge in [0.1, 0.15) is 17.7 Å². The molecule has 0 saturated heterocycles. The summed E-state index contributed by atoms with van der Waals surface area (Å²) in [6, 6.07) is 2.66. The number of ether oxygens (including phenoxy) is 1. The van der Waals surface area contributed by atoms with Crippen molar-refractivity contribution in [1.29, 1.82) is 0 Å². The first-order valence-electron chi connectivity index (χ1n) is 8.29. The number of carboxylic acids is 1. The number of hydrogen-bond acceptors (Lipinski definition) is 5. The molecule has 2 aliphatic heterocycles. The van der Waals surface area contributed by atoms with Gasteiger partial charge in [-0.15, -0.1) is 0 Å². The first-order chi connectivity index (χ1) is 12.1. The Morgan fingerprint density at radius 3 is 2.54 bits per heavy atom. The van der Waals surface area contributed by atoms with Gasteiger partial charge in [0.15, 0.2) is 5.78 Å². The van der Waals surface area contributed by atoms with Crippen molar-refractivity contribution in [3.8, 4) is 0 Å². The molecular weight excluding hydrogens is 340 g/mol. The number of carboxylic acid groups (broad SMARTS) is 1. The fourth-order valence-electron chi connectivity index (χ4n) is 3.30. The van der Waals surface area contributed by atoms with Crippen molar-refractivity contribution in [2.75, 3.05) is 4.90 Å². The maximum Gasteiger partial charge on any atom is 0.408 e. The predicted octanol–water partition coefficient (Wildman–Crippen LogP) is 1.51. The van der Waals surface area contributed by atoms with E-state index in [0.29, 0.717) is 16.8 Å². The molecule has 2 amide bonds. The smallest absolute Gasteiger partial charge is 0.408 e. The van der Waals surface area contributed by atoms with E-state index < -0.39 is 35.7 Å². The summed E-state index contributed by atoms with van der Waals surface area (Å²) in [6.45, 7) is 5.03. The monoisotopic (exact) mass is 360 g/mol. The summed E-state index contributed by atoms with van der Waals surface area (Å²) < 4.78 is 5.15. The molecule has 0 bridgehead atoms. The van der Waals surface area contributed by atoms with Gasteiger partial charge >= 0.3 is 12.1 Å². The zero-order valence-electron chi connectivity index (χ0n) is 14.7. The van der Waals surface area contributed by atoms with Crippen molar-refractivity contribution in [3.05, 3.63) is 29.3 Å². The standard InChI is InChI=1S/C18H20N2O6/c1-18(2,3)26-17(25)19-11-8-13(21)10-6-4-5-9-7-12(16(23)24)20(14(9)10)15(11)22/h4-6,11-12H,7-8H2,1-3H3,(H,19,25)(H,23,24)/t11-,12-/m0/s1. The Morgan fingerprint density at radius 2 is 1.92 bits per heavy atom. The summed E-state index contributed by atoms with van der Waals surface area (Å²) in [7, 11) is 0. The number of aliphatic carboxylic acids is 1. The lowest BCUT2D eigenvalue weighted by Crippen LogP contribution is -2.53. The number of carbonyl (C=O) groups excluding carboxylic acids is 3. The zero-order valence-corrected chi connectivity index (χ0v) is 14.7. The first-order valence-corrected chi connectivity index (χ1v) is 8.29. The highest BCUT2D eigenvalue weighted by Crippen LogP contribution is 2.39. The number of anilines is 1. The fourth-order valence-corrected chi connectivity index (χ4v) is 3.30. The van der Waals surface area contributed by atoms with E-state index in [1.54, 1.807) is 39.0 Å². The number of rotatable bonds is 2. The van der Waals surface area contributed by atoms with E-state index in [4.69, 9.17) is 4.74 Å². The van der Waals surface area contributed by atoms with Crippen molar-refractivity contribution in [2.24, 2.45) is 0 Å². The maximum atomic E-state index is 13.0. The molecule has 0 aromatic heterocycles. The number of benzene rings is 1. The van der Waals surface area contributed by atoms with Gasteiger partial charge in [-0.2, -0.15) is 0 Å². The van der Waals surface area contributed by atoms with Crippen molar-refractivity contribution < 1.29 is 29.0 Å². The van der Waals surface area contributed by atoms with Crippen LogP contribution < -0.4 is 10.2 Å². The minimum atomic E-state index is -1.18. The number of nitrogens with zero attached hydrogens (tertiary/aromatic N) is 1. The second kappa shape index (κ2) is 6.12. The van der Waals surface area contributed by atoms with Crippen LogP contribution in [0.1, 0.15) is 43.1 Å². The molecule has 2 atom stereocenters. The molecule has 0 saturated carbocycles. The minimum Gasteiger partial charge on any atom is -0.480 e. The molecule has 26 heavy (non-hydrogen) atoms. The maximum absolute atomic E-state index is 13.0. The lowest BCUT2D eigenvalue weighted by Gasteiger charge is -2.27. The van der Waals surface area contributed by atoms with Crippen LogP contribution in [0.2, 0.25) is 0 Å². The summed E-state index contributed by atoms with van der Waals surface area (Å²) in [4.78, 5) is 50.4. The van der Waals surface area contributed by atoms with Gasteiger partial charge in [0.25, 0.3) is 5.91 Å². The average molecular weight is 360 g/mol. The van der Waals surface area contributed by atoms with Crippen molar-refractivity contribution in [3.63, 3.8) is 0 Å². The number of nitrogens with one attached hydrogen (secondary N) is 1. The summed E-state index contributed by atoms with van der Waals surface area (Å²) in [5.74, 6) is -2.11. The molecule has 3 rings (SSSR count). The summed E-state index contributed by atoms with van der Waals surface area (Å²) in [5.41, 5.74) is 0.501. The molecular formula is C18H20N2O6. The van der Waals surface area contributed by atoms with Gasteiger partial charge in [0.05, 0.1) is 5.69 Å². The molecule has 8 nitrogen and oxygen atoms in total. The third-order valence-corrected chi connectivity index (χ3v) is 4.29. The van der Waals surface area contributed by atoms with Gasteiger partial charge in [-0.3, -0.25) is 14.5 Å². The summed E-state index contributed by atoms with van der Waals surface area (Å²) >= 11 is 0. The molecule has 2 N–H and O–H groups in total. The van der Waals surface area contributed by atoms with Gasteiger partial charge in [0.2, 0.25) is 0 Å². The highest BCUT2D eigenvalue weighted by molar-refractivity contribution is 6.16. The zero-order chi connectivity index (χ0) is 19.2. The second-order valence-corrected chi connectivity index (χ2v) is 7.41. The Hall–Kier alpha value is -2.90. The van der Waals surface area contributed by atoms with E-state index in [9.17, 15) is 24.3 Å². The Kier molecular flexibility index (Phi) is 4.21. The molecule has 1 aromatic carbocycles. The predicted molar refractivity (Wildman–Crippen MR) is 91.2 cm³/mol. The normalized spacial score (nSPS) is 21.9. The van der Waals surface area contributed by atoms with E-state index in [-0.39, 0.29) is 18.6 Å². The van der Waals surface area contributed by atoms with E-state index in [1.807, 2.05) is 0 Å². The van der Waals surface area contributed by atoms with Crippen LogP contribution in [0.5, 0.6) is 0 Å². The Morgan fingerprint density at radius 1 is 1.23 bits per heavy atom. The SMILES string of the molecule is CC(C)(C)OC(=O)N[C@H]1CC(=O)c2cccc3c2N(C1=O)[C@H](C(=O)O)C3. The quantitative estimate of drug-likeness (QED) is 0.826. The Balaban J connectivity index is 1.96. The molecule has 8 heteroatoms. The molecule has 1 aromatic rings. The lowest BCUT2D eigenvalue weighted by molar-refractivity contribution is -0.140. The van der Waals surface area contributed by atoms with Crippen LogP contribution in [0.25, 0.3) is 0 Å². The minimum absolute atomic E-state index is 0.122. The van der Waals surface area contributed by atoms with Gasteiger partial charge in [-0.1, -0.05) is 12.1 Å². The molecule has 2 aliphatic rings. The van der Waals surface area contributed by atoms with Crippen LogP contribution >= 0.6 is 0 Å². The van der Waals surface area contributed by atoms with E-state index in [1.165, 1.54) is 0 Å². The summed E-state index contributed by atoms with van der Waals surface area (Å²) in [5, 5.41) is 11.9. The number of carbonyl (C=O) groups is 4. The molecule has 0 spiro atoms. The number of ketones is 1. The van der Waals surface area contributed by atoms with Crippen LogP contribution in [-0.4, -0.2) is 46.5 Å². The Bertz CT molecular complexity index is 810. The molecule has 2 heterocycles. The van der Waals surface area contributed by atoms with E-state index >= 15 is 0 Å². The van der Waals surface area contributed by atoms with Crippen LogP contribution in [0.15, 0.2) is 18.2 Å². The third-order valence-electron chi connectivity index (χ3n) is 4.29. The fraction of sp³-hybridized carbons (Fsp3) is 0.444. The lowest BCUT2D eigenvalue weighted by atomic mass is 10.0. The number of amides is 2.